The van der Waals surface area contributed by atoms with Crippen LogP contribution < -0.4 is 4.90 Å². The molecule has 1 aromatic carbocycles. The van der Waals surface area contributed by atoms with Gasteiger partial charge in [-0.05, 0) is 44.5 Å². The van der Waals surface area contributed by atoms with Crippen LogP contribution in [-0.2, 0) is 7.05 Å². The van der Waals surface area contributed by atoms with Gasteiger partial charge in [0, 0.05) is 37.1 Å². The van der Waals surface area contributed by atoms with Gasteiger partial charge >= 0.3 is 0 Å². The zero-order valence-electron chi connectivity index (χ0n) is 14.0. The van der Waals surface area contributed by atoms with Gasteiger partial charge in [-0.2, -0.15) is 0 Å². The number of aromatic nitrogens is 3. The zero-order chi connectivity index (χ0) is 15.9. The predicted molar refractivity (Wildman–Crippen MR) is 95.6 cm³/mol. The van der Waals surface area contributed by atoms with Crippen molar-refractivity contribution in [1.82, 2.24) is 14.8 Å². The van der Waals surface area contributed by atoms with Crippen LogP contribution >= 0.6 is 11.8 Å². The Morgan fingerprint density at radius 3 is 2.32 bits per heavy atom. The Labute approximate surface area is 137 Å². The fourth-order valence-electron chi connectivity index (χ4n) is 2.41. The number of nitrogens with zero attached hydrogens (tertiary/aromatic N) is 4. The van der Waals surface area contributed by atoms with E-state index in [1.54, 1.807) is 11.8 Å². The Bertz CT molecular complexity index is 573. The second kappa shape index (κ2) is 8.22. The summed E-state index contributed by atoms with van der Waals surface area (Å²) >= 11 is 1.78. The van der Waals surface area contributed by atoms with E-state index in [0.29, 0.717) is 0 Å². The summed E-state index contributed by atoms with van der Waals surface area (Å²) in [5.41, 5.74) is 2.38. The third-order valence-corrected chi connectivity index (χ3v) is 4.92. The van der Waals surface area contributed by atoms with Crippen molar-refractivity contribution in [2.75, 3.05) is 23.7 Å². The SMILES string of the molecule is CCCCSc1nnc(-c2ccc(N(CC)CC)cc2)n1C. The molecule has 0 aliphatic heterocycles. The summed E-state index contributed by atoms with van der Waals surface area (Å²) in [7, 11) is 2.04. The van der Waals surface area contributed by atoms with Gasteiger partial charge in [0.05, 0.1) is 0 Å². The summed E-state index contributed by atoms with van der Waals surface area (Å²) in [6.45, 7) is 8.62. The van der Waals surface area contributed by atoms with E-state index in [4.69, 9.17) is 0 Å². The first-order valence-electron chi connectivity index (χ1n) is 8.08. The molecule has 0 saturated heterocycles. The maximum absolute atomic E-state index is 4.36. The minimum absolute atomic E-state index is 0.935. The predicted octanol–water partition coefficient (Wildman–Crippen LogP) is 4.22. The molecule has 0 saturated carbocycles. The standard InChI is InChI=1S/C17H26N4S/c1-5-8-13-22-17-19-18-16(20(17)4)14-9-11-15(12-10-14)21(6-2)7-3/h9-12H,5-8,13H2,1-4H3. The number of hydrogen-bond acceptors (Lipinski definition) is 4. The van der Waals surface area contributed by atoms with E-state index in [-0.39, 0.29) is 0 Å². The number of thioether (sulfide) groups is 1. The average Bonchev–Trinajstić information content (AvgIpc) is 2.91. The number of anilines is 1. The van der Waals surface area contributed by atoms with E-state index in [1.165, 1.54) is 18.5 Å². The molecular formula is C17H26N4S. The molecule has 4 nitrogen and oxygen atoms in total. The van der Waals surface area contributed by atoms with Crippen molar-refractivity contribution in [3.63, 3.8) is 0 Å². The van der Waals surface area contributed by atoms with Crippen LogP contribution in [0.15, 0.2) is 29.4 Å². The summed E-state index contributed by atoms with van der Waals surface area (Å²) < 4.78 is 2.09. The minimum atomic E-state index is 0.935. The third kappa shape index (κ3) is 3.83. The number of rotatable bonds is 8. The lowest BCUT2D eigenvalue weighted by atomic mass is 10.2. The highest BCUT2D eigenvalue weighted by Crippen LogP contribution is 2.25. The molecule has 0 aliphatic rings. The second-order valence-electron chi connectivity index (χ2n) is 5.29. The van der Waals surface area contributed by atoms with Crippen LogP contribution in [0.2, 0.25) is 0 Å². The van der Waals surface area contributed by atoms with Gasteiger partial charge in [0.2, 0.25) is 0 Å². The summed E-state index contributed by atoms with van der Waals surface area (Å²) in [5, 5.41) is 9.67. The highest BCUT2D eigenvalue weighted by Gasteiger charge is 2.11. The maximum atomic E-state index is 4.36. The smallest absolute Gasteiger partial charge is 0.191 e. The van der Waals surface area contributed by atoms with Gasteiger partial charge in [-0.1, -0.05) is 25.1 Å². The van der Waals surface area contributed by atoms with Crippen molar-refractivity contribution in [3.05, 3.63) is 24.3 Å². The molecule has 0 fully saturated rings. The minimum Gasteiger partial charge on any atom is -0.372 e. The lowest BCUT2D eigenvalue weighted by Crippen LogP contribution is -2.21. The fourth-order valence-corrected chi connectivity index (χ4v) is 3.40. The van der Waals surface area contributed by atoms with Crippen molar-refractivity contribution >= 4 is 17.4 Å². The van der Waals surface area contributed by atoms with Crippen molar-refractivity contribution < 1.29 is 0 Å². The van der Waals surface area contributed by atoms with Crippen LogP contribution in [0.5, 0.6) is 0 Å². The number of benzene rings is 1. The lowest BCUT2D eigenvalue weighted by Gasteiger charge is -2.21. The van der Waals surface area contributed by atoms with Gasteiger partial charge in [-0.25, -0.2) is 0 Å². The van der Waals surface area contributed by atoms with Crippen LogP contribution in [0.25, 0.3) is 11.4 Å². The molecule has 120 valence electrons. The third-order valence-electron chi connectivity index (χ3n) is 3.82. The Kier molecular flexibility index (Phi) is 6.31. The van der Waals surface area contributed by atoms with E-state index in [9.17, 15) is 0 Å². The van der Waals surface area contributed by atoms with Crippen LogP contribution in [0.1, 0.15) is 33.6 Å². The molecule has 22 heavy (non-hydrogen) atoms. The number of hydrogen-bond donors (Lipinski definition) is 0. The summed E-state index contributed by atoms with van der Waals surface area (Å²) in [5.74, 6) is 2.04. The number of unbranched alkanes of at least 4 members (excludes halogenated alkanes) is 1. The highest BCUT2D eigenvalue weighted by atomic mass is 32.2. The molecule has 0 unspecified atom stereocenters. The molecule has 0 spiro atoms. The molecule has 0 atom stereocenters. The largest absolute Gasteiger partial charge is 0.372 e. The first kappa shape index (κ1) is 16.9. The van der Waals surface area contributed by atoms with E-state index < -0.39 is 0 Å². The molecule has 2 rings (SSSR count). The molecular weight excluding hydrogens is 292 g/mol. The molecule has 0 aliphatic carbocycles. The van der Waals surface area contributed by atoms with Gasteiger partial charge in [0.25, 0.3) is 0 Å². The molecule has 2 aromatic rings. The maximum Gasteiger partial charge on any atom is 0.191 e. The van der Waals surface area contributed by atoms with E-state index in [1.807, 2.05) is 7.05 Å². The Morgan fingerprint density at radius 1 is 1.05 bits per heavy atom. The summed E-state index contributed by atoms with van der Waals surface area (Å²) in [4.78, 5) is 2.34. The van der Waals surface area contributed by atoms with E-state index in [0.717, 1.165) is 35.4 Å². The Hall–Kier alpha value is -1.49. The molecule has 0 radical (unpaired) electrons. The van der Waals surface area contributed by atoms with Crippen molar-refractivity contribution in [2.24, 2.45) is 7.05 Å². The lowest BCUT2D eigenvalue weighted by molar-refractivity contribution is 0.790. The monoisotopic (exact) mass is 318 g/mol. The van der Waals surface area contributed by atoms with Crippen LogP contribution in [0.4, 0.5) is 5.69 Å². The molecule has 0 amide bonds. The second-order valence-corrected chi connectivity index (χ2v) is 6.35. The van der Waals surface area contributed by atoms with Gasteiger partial charge in [0.1, 0.15) is 0 Å². The molecule has 0 bridgehead atoms. The van der Waals surface area contributed by atoms with Gasteiger partial charge in [0.15, 0.2) is 11.0 Å². The van der Waals surface area contributed by atoms with Crippen LogP contribution in [-0.4, -0.2) is 33.6 Å². The van der Waals surface area contributed by atoms with E-state index >= 15 is 0 Å². The van der Waals surface area contributed by atoms with Crippen molar-refractivity contribution in [2.45, 2.75) is 38.8 Å². The molecule has 0 N–H and O–H groups in total. The van der Waals surface area contributed by atoms with Gasteiger partial charge in [-0.3, -0.25) is 0 Å². The summed E-state index contributed by atoms with van der Waals surface area (Å²) in [6.07, 6.45) is 2.43. The van der Waals surface area contributed by atoms with Crippen LogP contribution in [0, 0.1) is 0 Å². The normalized spacial score (nSPS) is 10.9. The molecule has 5 heteroatoms. The first-order valence-corrected chi connectivity index (χ1v) is 9.07. The van der Waals surface area contributed by atoms with Gasteiger partial charge in [-0.15, -0.1) is 10.2 Å². The molecule has 1 heterocycles. The highest BCUT2D eigenvalue weighted by molar-refractivity contribution is 7.99. The zero-order valence-corrected chi connectivity index (χ0v) is 14.9. The average molecular weight is 318 g/mol. The Balaban J connectivity index is 2.15. The Morgan fingerprint density at radius 2 is 1.73 bits per heavy atom. The molecule has 1 aromatic heterocycles. The first-order chi connectivity index (χ1) is 10.7. The quantitative estimate of drug-likeness (QED) is 0.539. The van der Waals surface area contributed by atoms with Gasteiger partial charge < -0.3 is 9.47 Å². The topological polar surface area (TPSA) is 34.0 Å². The van der Waals surface area contributed by atoms with E-state index in [2.05, 4.69) is 64.7 Å². The van der Waals surface area contributed by atoms with Crippen LogP contribution in [0.3, 0.4) is 0 Å². The van der Waals surface area contributed by atoms with Crippen molar-refractivity contribution in [1.29, 1.82) is 0 Å². The fraction of sp³-hybridized carbons (Fsp3) is 0.529. The van der Waals surface area contributed by atoms with Crippen molar-refractivity contribution in [3.8, 4) is 11.4 Å². The summed E-state index contributed by atoms with van der Waals surface area (Å²) in [6, 6.07) is 8.61.